The van der Waals surface area contributed by atoms with E-state index in [9.17, 15) is 0 Å². The molecule has 0 saturated carbocycles. The van der Waals surface area contributed by atoms with Crippen LogP contribution < -0.4 is 10.5 Å². The number of hydrogen-bond acceptors (Lipinski definition) is 4. The average molecular weight is 415 g/mol. The SMILES string of the molecule is COc1c(-c2ccc(N)cc2)sc2cccc(C(c3ccccc3)N3CCCC3)c12. The lowest BCUT2D eigenvalue weighted by Crippen LogP contribution is -2.26. The molecule has 5 rings (SSSR count). The zero-order chi connectivity index (χ0) is 20.5. The molecule has 1 unspecified atom stereocenters. The van der Waals surface area contributed by atoms with Crippen molar-refractivity contribution in [3.05, 3.63) is 83.9 Å². The zero-order valence-corrected chi connectivity index (χ0v) is 18.0. The Kier molecular flexibility index (Phi) is 5.19. The fourth-order valence-corrected chi connectivity index (χ4v) is 5.83. The molecule has 1 aromatic heterocycles. The van der Waals surface area contributed by atoms with E-state index < -0.39 is 0 Å². The first-order chi connectivity index (χ1) is 14.8. The van der Waals surface area contributed by atoms with Crippen molar-refractivity contribution in [3.63, 3.8) is 0 Å². The van der Waals surface area contributed by atoms with Gasteiger partial charge in [-0.1, -0.05) is 54.6 Å². The van der Waals surface area contributed by atoms with Crippen molar-refractivity contribution in [1.82, 2.24) is 4.90 Å². The molecule has 3 aromatic carbocycles. The molecule has 1 saturated heterocycles. The lowest BCUT2D eigenvalue weighted by Gasteiger charge is -2.29. The number of ether oxygens (including phenoxy) is 1. The summed E-state index contributed by atoms with van der Waals surface area (Å²) in [7, 11) is 1.78. The highest BCUT2D eigenvalue weighted by Crippen LogP contribution is 2.48. The quantitative estimate of drug-likeness (QED) is 0.387. The van der Waals surface area contributed by atoms with E-state index in [1.807, 2.05) is 12.1 Å². The zero-order valence-electron chi connectivity index (χ0n) is 17.2. The number of methoxy groups -OCH3 is 1. The maximum absolute atomic E-state index is 6.03. The van der Waals surface area contributed by atoms with Crippen LogP contribution in [-0.2, 0) is 0 Å². The maximum Gasteiger partial charge on any atom is 0.145 e. The van der Waals surface area contributed by atoms with Crippen molar-refractivity contribution in [3.8, 4) is 16.2 Å². The van der Waals surface area contributed by atoms with Crippen LogP contribution in [0, 0.1) is 0 Å². The van der Waals surface area contributed by atoms with Gasteiger partial charge >= 0.3 is 0 Å². The Labute approximate surface area is 181 Å². The summed E-state index contributed by atoms with van der Waals surface area (Å²) in [5.74, 6) is 0.968. The molecule has 2 N–H and O–H groups in total. The summed E-state index contributed by atoms with van der Waals surface area (Å²) in [5, 5.41) is 1.23. The molecule has 4 heteroatoms. The fourth-order valence-electron chi connectivity index (χ4n) is 4.62. The minimum atomic E-state index is 0.236. The van der Waals surface area contributed by atoms with Crippen LogP contribution in [0.5, 0.6) is 5.75 Å². The molecular formula is C26H26N2OS. The largest absolute Gasteiger partial charge is 0.495 e. The van der Waals surface area contributed by atoms with Crippen LogP contribution in [0.2, 0.25) is 0 Å². The van der Waals surface area contributed by atoms with E-state index in [1.54, 1.807) is 18.4 Å². The minimum absolute atomic E-state index is 0.236. The number of likely N-dealkylation sites (tertiary alicyclic amines) is 1. The Morgan fingerprint density at radius 2 is 1.63 bits per heavy atom. The second kappa shape index (κ2) is 8.13. The van der Waals surface area contributed by atoms with Crippen LogP contribution in [0.15, 0.2) is 72.8 Å². The number of rotatable bonds is 5. The summed E-state index contributed by atoms with van der Waals surface area (Å²) in [6.07, 6.45) is 2.52. The van der Waals surface area contributed by atoms with E-state index in [0.29, 0.717) is 0 Å². The fraction of sp³-hybridized carbons (Fsp3) is 0.231. The highest BCUT2D eigenvalue weighted by molar-refractivity contribution is 7.22. The van der Waals surface area contributed by atoms with Gasteiger partial charge in [-0.2, -0.15) is 0 Å². The highest BCUT2D eigenvalue weighted by atomic mass is 32.1. The molecule has 152 valence electrons. The Bertz CT molecular complexity index is 1150. The Balaban J connectivity index is 1.73. The first-order valence-electron chi connectivity index (χ1n) is 10.5. The standard InChI is InChI=1S/C26H26N2OS/c1-29-25-23-21(24(28-16-5-6-17-28)18-8-3-2-4-9-18)10-7-11-22(23)30-26(25)19-12-14-20(27)15-13-19/h2-4,7-15,24H,5-6,16-17,27H2,1H3. The second-order valence-electron chi connectivity index (χ2n) is 7.86. The molecule has 1 aliphatic rings. The van der Waals surface area contributed by atoms with Gasteiger partial charge in [-0.15, -0.1) is 11.3 Å². The maximum atomic E-state index is 6.03. The van der Waals surface area contributed by atoms with Gasteiger partial charge in [0.15, 0.2) is 0 Å². The lowest BCUT2D eigenvalue weighted by molar-refractivity contribution is 0.282. The van der Waals surface area contributed by atoms with Crippen molar-refractivity contribution >= 4 is 27.1 Å². The van der Waals surface area contributed by atoms with Gasteiger partial charge in [0.25, 0.3) is 0 Å². The topological polar surface area (TPSA) is 38.5 Å². The number of benzene rings is 3. The summed E-state index contributed by atoms with van der Waals surface area (Å²) in [6, 6.07) is 25.9. The molecule has 0 spiro atoms. The van der Waals surface area contributed by atoms with Gasteiger partial charge in [0.05, 0.1) is 18.0 Å². The van der Waals surface area contributed by atoms with E-state index in [0.717, 1.165) is 35.0 Å². The molecule has 2 heterocycles. The normalized spacial score (nSPS) is 15.5. The van der Waals surface area contributed by atoms with Crippen molar-refractivity contribution < 1.29 is 4.74 Å². The predicted octanol–water partition coefficient (Wildman–Crippen LogP) is 6.34. The van der Waals surface area contributed by atoms with E-state index in [4.69, 9.17) is 10.5 Å². The van der Waals surface area contributed by atoms with Gasteiger partial charge < -0.3 is 10.5 Å². The van der Waals surface area contributed by atoms with E-state index in [1.165, 1.54) is 34.1 Å². The number of nitrogens with two attached hydrogens (primary N) is 1. The molecule has 0 bridgehead atoms. The highest BCUT2D eigenvalue weighted by Gasteiger charge is 2.29. The van der Waals surface area contributed by atoms with Gasteiger partial charge in [-0.05, 0) is 60.8 Å². The van der Waals surface area contributed by atoms with Crippen molar-refractivity contribution in [2.75, 3.05) is 25.9 Å². The van der Waals surface area contributed by atoms with Gasteiger partial charge in [0, 0.05) is 15.8 Å². The molecule has 1 fully saturated rings. The smallest absolute Gasteiger partial charge is 0.145 e. The molecule has 0 amide bonds. The second-order valence-corrected chi connectivity index (χ2v) is 8.92. The van der Waals surface area contributed by atoms with Crippen LogP contribution in [0.1, 0.15) is 30.0 Å². The van der Waals surface area contributed by atoms with Gasteiger partial charge in [-0.3, -0.25) is 4.90 Å². The summed E-state index contributed by atoms with van der Waals surface area (Å²) < 4.78 is 7.29. The van der Waals surface area contributed by atoms with Crippen molar-refractivity contribution in [2.45, 2.75) is 18.9 Å². The third-order valence-electron chi connectivity index (χ3n) is 6.00. The van der Waals surface area contributed by atoms with E-state index in [-0.39, 0.29) is 6.04 Å². The molecule has 1 aliphatic heterocycles. The number of anilines is 1. The predicted molar refractivity (Wildman–Crippen MR) is 127 cm³/mol. The molecule has 0 radical (unpaired) electrons. The summed E-state index contributed by atoms with van der Waals surface area (Å²) in [4.78, 5) is 3.78. The van der Waals surface area contributed by atoms with E-state index >= 15 is 0 Å². The van der Waals surface area contributed by atoms with Crippen molar-refractivity contribution in [2.24, 2.45) is 0 Å². The average Bonchev–Trinajstić information content (AvgIpc) is 3.43. The van der Waals surface area contributed by atoms with E-state index in [2.05, 4.69) is 65.6 Å². The summed E-state index contributed by atoms with van der Waals surface area (Å²) in [5.41, 5.74) is 10.5. The van der Waals surface area contributed by atoms with Crippen LogP contribution in [-0.4, -0.2) is 25.1 Å². The van der Waals surface area contributed by atoms with Gasteiger partial charge in [0.2, 0.25) is 0 Å². The third kappa shape index (κ3) is 3.36. The molecule has 3 nitrogen and oxygen atoms in total. The summed E-state index contributed by atoms with van der Waals surface area (Å²) in [6.45, 7) is 2.26. The Morgan fingerprint density at radius 3 is 2.33 bits per heavy atom. The van der Waals surface area contributed by atoms with Gasteiger partial charge in [0.1, 0.15) is 5.75 Å². The van der Waals surface area contributed by atoms with Gasteiger partial charge in [-0.25, -0.2) is 0 Å². The lowest BCUT2D eigenvalue weighted by atomic mass is 9.94. The van der Waals surface area contributed by atoms with Crippen LogP contribution in [0.25, 0.3) is 20.5 Å². The molecule has 4 aromatic rings. The number of nitrogens with zero attached hydrogens (tertiary/aromatic N) is 1. The monoisotopic (exact) mass is 414 g/mol. The summed E-state index contributed by atoms with van der Waals surface area (Å²) >= 11 is 1.79. The van der Waals surface area contributed by atoms with Crippen molar-refractivity contribution in [1.29, 1.82) is 0 Å². The number of fused-ring (bicyclic) bond motifs is 1. The Hall–Kier alpha value is -2.82. The molecule has 0 aliphatic carbocycles. The molecule has 1 atom stereocenters. The van der Waals surface area contributed by atoms with Crippen LogP contribution >= 0.6 is 11.3 Å². The first kappa shape index (κ1) is 19.2. The number of nitrogen functional groups attached to an aromatic ring is 1. The first-order valence-corrected chi connectivity index (χ1v) is 11.3. The number of hydrogen-bond donors (Lipinski definition) is 1. The Morgan fingerprint density at radius 1 is 0.900 bits per heavy atom. The third-order valence-corrected chi connectivity index (χ3v) is 7.18. The van der Waals surface area contributed by atoms with Crippen LogP contribution in [0.4, 0.5) is 5.69 Å². The molecule has 30 heavy (non-hydrogen) atoms. The minimum Gasteiger partial charge on any atom is -0.495 e. The molecular weight excluding hydrogens is 388 g/mol. The number of thiophene rings is 1. The van der Waals surface area contributed by atoms with Crippen LogP contribution in [0.3, 0.4) is 0 Å².